The first-order valence-electron chi connectivity index (χ1n) is 10.8. The second-order valence-electron chi connectivity index (χ2n) is 7.67. The summed E-state index contributed by atoms with van der Waals surface area (Å²) in [6, 6.07) is 13.2. The minimum Gasteiger partial charge on any atom is -0.493 e. The quantitative estimate of drug-likeness (QED) is 0.416. The Morgan fingerprint density at radius 2 is 1.71 bits per heavy atom. The van der Waals surface area contributed by atoms with Gasteiger partial charge in [0.15, 0.2) is 0 Å². The number of aryl methyl sites for hydroxylation is 3. The van der Waals surface area contributed by atoms with Crippen LogP contribution in [0.1, 0.15) is 71.0 Å². The lowest BCUT2D eigenvalue weighted by Crippen LogP contribution is -2.02. The maximum atomic E-state index is 11.0. The molecule has 0 aliphatic heterocycles. The van der Waals surface area contributed by atoms with Gasteiger partial charge in [-0.15, -0.1) is 11.3 Å². The lowest BCUT2D eigenvalue weighted by atomic mass is 9.93. The molecule has 0 saturated heterocycles. The highest BCUT2D eigenvalue weighted by Crippen LogP contribution is 2.33. The number of ether oxygens (including phenoxy) is 1. The lowest BCUT2D eigenvalue weighted by molar-refractivity contribution is 0.0697. The third-order valence-electron chi connectivity index (χ3n) is 5.22. The van der Waals surface area contributed by atoms with E-state index in [2.05, 4.69) is 38.7 Å². The number of nitrogens with zero attached hydrogens (tertiary/aromatic N) is 1. The summed E-state index contributed by atoms with van der Waals surface area (Å²) in [6.07, 6.45) is 2.03. The van der Waals surface area contributed by atoms with Crippen molar-refractivity contribution in [2.24, 2.45) is 0 Å². The molecule has 4 nitrogen and oxygen atoms in total. The van der Waals surface area contributed by atoms with Crippen LogP contribution in [0.2, 0.25) is 0 Å². The van der Waals surface area contributed by atoms with Crippen LogP contribution >= 0.6 is 11.3 Å². The predicted octanol–water partition coefficient (Wildman–Crippen LogP) is 7.42. The highest BCUT2D eigenvalue weighted by molar-refractivity contribution is 7.11. The fourth-order valence-corrected chi connectivity index (χ4v) is 3.93. The predicted molar refractivity (Wildman–Crippen MR) is 130 cm³/mol. The zero-order valence-corrected chi connectivity index (χ0v) is 20.2. The van der Waals surface area contributed by atoms with Gasteiger partial charge < -0.3 is 9.84 Å². The van der Waals surface area contributed by atoms with Crippen LogP contribution in [0, 0.1) is 20.8 Å². The third-order valence-corrected chi connectivity index (χ3v) is 6.20. The van der Waals surface area contributed by atoms with Crippen molar-refractivity contribution in [2.75, 3.05) is 6.61 Å². The number of thiazole rings is 1. The fourth-order valence-electron chi connectivity index (χ4n) is 3.11. The van der Waals surface area contributed by atoms with Crippen molar-refractivity contribution in [3.63, 3.8) is 0 Å². The average molecular weight is 440 g/mol. The second kappa shape index (κ2) is 11.7. The van der Waals surface area contributed by atoms with Gasteiger partial charge in [-0.1, -0.05) is 39.0 Å². The highest BCUT2D eigenvalue weighted by atomic mass is 32.1. The van der Waals surface area contributed by atoms with Gasteiger partial charge in [0.2, 0.25) is 0 Å². The number of aromatic nitrogens is 1. The Morgan fingerprint density at radius 1 is 1.06 bits per heavy atom. The molecule has 1 atom stereocenters. The molecule has 0 radical (unpaired) electrons. The van der Waals surface area contributed by atoms with Crippen LogP contribution in [-0.2, 0) is 0 Å². The molecule has 0 aliphatic carbocycles. The van der Waals surface area contributed by atoms with Crippen molar-refractivity contribution in [2.45, 2.75) is 60.3 Å². The van der Waals surface area contributed by atoms with E-state index in [1.165, 1.54) is 21.1 Å². The summed E-state index contributed by atoms with van der Waals surface area (Å²) < 4.78 is 5.87. The number of aromatic carboxylic acids is 1. The van der Waals surface area contributed by atoms with Gasteiger partial charge in [-0.3, -0.25) is 0 Å². The van der Waals surface area contributed by atoms with Crippen molar-refractivity contribution in [1.29, 1.82) is 0 Å². The molecule has 1 heterocycles. The number of carbonyl (C=O) groups is 1. The number of hydrogen-bond donors (Lipinski definition) is 1. The molecule has 31 heavy (non-hydrogen) atoms. The molecule has 1 N–H and O–H groups in total. The molecule has 2 aromatic carbocycles. The number of rotatable bonds is 7. The van der Waals surface area contributed by atoms with Gasteiger partial charge in [-0.2, -0.15) is 0 Å². The number of carboxylic acids is 1. The first-order valence-corrected chi connectivity index (χ1v) is 11.6. The SMILES string of the molecule is CCCOc1ccc(-c2ccc(C(=O)O)cc2)cc1C(C)CC.Cc1nc(C)c(C)s1. The maximum absolute atomic E-state index is 11.0. The molecule has 5 heteroatoms. The standard InChI is InChI=1S/C20H24O3.C6H9NS/c1-4-12-23-19-11-10-17(13-18(19)14(3)5-2)15-6-8-16(9-7-15)20(21)22;1-4-5(2)8-6(3)7-4/h6-11,13-14H,4-5,12H2,1-3H3,(H,21,22);1-3H3. The molecule has 1 aromatic heterocycles. The summed E-state index contributed by atoms with van der Waals surface area (Å²) in [5.74, 6) is 0.465. The van der Waals surface area contributed by atoms with E-state index in [1.54, 1.807) is 23.5 Å². The highest BCUT2D eigenvalue weighted by Gasteiger charge is 2.12. The zero-order chi connectivity index (χ0) is 23.0. The zero-order valence-electron chi connectivity index (χ0n) is 19.4. The summed E-state index contributed by atoms with van der Waals surface area (Å²) in [6.45, 7) is 13.4. The maximum Gasteiger partial charge on any atom is 0.335 e. The van der Waals surface area contributed by atoms with Crippen LogP contribution in [0.3, 0.4) is 0 Å². The minimum absolute atomic E-state index is 0.304. The van der Waals surface area contributed by atoms with E-state index in [1.807, 2.05) is 38.1 Å². The molecule has 0 saturated carbocycles. The molecule has 166 valence electrons. The van der Waals surface area contributed by atoms with Crippen LogP contribution in [0.25, 0.3) is 11.1 Å². The Morgan fingerprint density at radius 3 is 2.16 bits per heavy atom. The van der Waals surface area contributed by atoms with E-state index in [-0.39, 0.29) is 0 Å². The van der Waals surface area contributed by atoms with E-state index in [4.69, 9.17) is 9.84 Å². The topological polar surface area (TPSA) is 59.4 Å². The molecule has 0 amide bonds. The summed E-state index contributed by atoms with van der Waals surface area (Å²) in [7, 11) is 0. The first-order chi connectivity index (χ1) is 14.8. The van der Waals surface area contributed by atoms with Crippen LogP contribution < -0.4 is 4.74 Å². The molecule has 3 aromatic rings. The van der Waals surface area contributed by atoms with Gasteiger partial charge in [0.05, 0.1) is 22.9 Å². The van der Waals surface area contributed by atoms with Gasteiger partial charge >= 0.3 is 5.97 Å². The van der Waals surface area contributed by atoms with Gasteiger partial charge in [0, 0.05) is 4.88 Å². The summed E-state index contributed by atoms with van der Waals surface area (Å²) in [5.41, 5.74) is 4.79. The summed E-state index contributed by atoms with van der Waals surface area (Å²) >= 11 is 1.76. The molecule has 0 spiro atoms. The Balaban J connectivity index is 0.000000357. The normalized spacial score (nSPS) is 11.4. The van der Waals surface area contributed by atoms with Crippen molar-refractivity contribution in [3.05, 3.63) is 69.2 Å². The Kier molecular flexibility index (Phi) is 9.25. The van der Waals surface area contributed by atoms with E-state index in [0.717, 1.165) is 36.3 Å². The van der Waals surface area contributed by atoms with Crippen LogP contribution in [0.15, 0.2) is 42.5 Å². The third kappa shape index (κ3) is 6.93. The van der Waals surface area contributed by atoms with Gasteiger partial charge in [-0.25, -0.2) is 9.78 Å². The molecular formula is C26H33NO3S. The van der Waals surface area contributed by atoms with Crippen molar-refractivity contribution >= 4 is 17.3 Å². The molecule has 3 rings (SSSR count). The van der Waals surface area contributed by atoms with E-state index in [0.29, 0.717) is 11.5 Å². The van der Waals surface area contributed by atoms with E-state index in [9.17, 15) is 4.79 Å². The van der Waals surface area contributed by atoms with Gasteiger partial charge in [-0.05, 0) is 80.5 Å². The van der Waals surface area contributed by atoms with Crippen LogP contribution in [0.4, 0.5) is 0 Å². The van der Waals surface area contributed by atoms with Crippen molar-refractivity contribution in [1.82, 2.24) is 4.98 Å². The molecule has 0 fully saturated rings. The second-order valence-corrected chi connectivity index (χ2v) is 9.07. The molecular weight excluding hydrogens is 406 g/mol. The monoisotopic (exact) mass is 439 g/mol. The molecule has 0 bridgehead atoms. The number of benzene rings is 2. The average Bonchev–Trinajstić information content (AvgIpc) is 3.06. The van der Waals surface area contributed by atoms with E-state index < -0.39 is 5.97 Å². The van der Waals surface area contributed by atoms with Crippen molar-refractivity contribution in [3.8, 4) is 16.9 Å². The molecule has 1 unspecified atom stereocenters. The fraction of sp³-hybridized carbons (Fsp3) is 0.385. The Labute approximate surface area is 189 Å². The van der Waals surface area contributed by atoms with Crippen LogP contribution in [0.5, 0.6) is 5.75 Å². The minimum atomic E-state index is -0.903. The van der Waals surface area contributed by atoms with Crippen molar-refractivity contribution < 1.29 is 14.6 Å². The van der Waals surface area contributed by atoms with Crippen LogP contribution in [-0.4, -0.2) is 22.7 Å². The summed E-state index contributed by atoms with van der Waals surface area (Å²) in [4.78, 5) is 16.5. The Hall–Kier alpha value is -2.66. The van der Waals surface area contributed by atoms with Gasteiger partial charge in [0.25, 0.3) is 0 Å². The lowest BCUT2D eigenvalue weighted by Gasteiger charge is -2.17. The first kappa shape index (κ1) is 24.6. The number of hydrogen-bond acceptors (Lipinski definition) is 4. The van der Waals surface area contributed by atoms with E-state index >= 15 is 0 Å². The Bertz CT molecular complexity index is 973. The van der Waals surface area contributed by atoms with Gasteiger partial charge in [0.1, 0.15) is 5.75 Å². The number of carboxylic acid groups (broad SMARTS) is 1. The molecule has 0 aliphatic rings. The largest absolute Gasteiger partial charge is 0.493 e. The summed E-state index contributed by atoms with van der Waals surface area (Å²) in [5, 5.41) is 10.2. The smallest absolute Gasteiger partial charge is 0.335 e.